The Morgan fingerprint density at radius 2 is 1.95 bits per heavy atom. The molecular formula is C11H19N5O3. The van der Waals surface area contributed by atoms with Gasteiger partial charge in [0.25, 0.3) is 5.56 Å². The van der Waals surface area contributed by atoms with Crippen LogP contribution in [0, 0.1) is 0 Å². The smallest absolute Gasteiger partial charge is 0.346 e. The predicted molar refractivity (Wildman–Crippen MR) is 71.1 cm³/mol. The molecule has 0 aliphatic carbocycles. The van der Waals surface area contributed by atoms with Crippen LogP contribution >= 0.6 is 0 Å². The van der Waals surface area contributed by atoms with Crippen molar-refractivity contribution in [3.63, 3.8) is 0 Å². The van der Waals surface area contributed by atoms with Crippen LogP contribution in [0.2, 0.25) is 0 Å². The van der Waals surface area contributed by atoms with Crippen LogP contribution in [-0.2, 0) is 18.9 Å². The van der Waals surface area contributed by atoms with E-state index in [-0.39, 0.29) is 24.7 Å². The molecule has 0 aliphatic heterocycles. The fraction of sp³-hybridized carbons (Fsp3) is 0.636. The highest BCUT2D eigenvalue weighted by atomic mass is 16.2. The largest absolute Gasteiger partial charge is 0.364 e. The summed E-state index contributed by atoms with van der Waals surface area (Å²) in [5, 5.41) is 9.31. The van der Waals surface area contributed by atoms with Crippen molar-refractivity contribution >= 4 is 11.7 Å². The standard InChI is InChI=1S/C11H19N5O3/c1-4-6-12-8(17)5-7-13-9-10(18)15(2)11(19)16(3)14-9/h4-7H2,1-3H3,(H,12,17)(H,13,14). The number of carbonyl (C=O) groups is 1. The molecule has 0 bridgehead atoms. The van der Waals surface area contributed by atoms with E-state index < -0.39 is 11.2 Å². The predicted octanol–water partition coefficient (Wildman–Crippen LogP) is -1.19. The van der Waals surface area contributed by atoms with Crippen molar-refractivity contribution < 1.29 is 4.79 Å². The van der Waals surface area contributed by atoms with Crippen molar-refractivity contribution in [1.29, 1.82) is 0 Å². The number of nitrogens with zero attached hydrogens (tertiary/aromatic N) is 3. The van der Waals surface area contributed by atoms with Crippen molar-refractivity contribution in [2.75, 3.05) is 18.4 Å². The van der Waals surface area contributed by atoms with Crippen molar-refractivity contribution in [3.05, 3.63) is 20.8 Å². The molecule has 0 radical (unpaired) electrons. The molecule has 8 heteroatoms. The van der Waals surface area contributed by atoms with Crippen molar-refractivity contribution in [2.45, 2.75) is 19.8 Å². The van der Waals surface area contributed by atoms with Gasteiger partial charge in [0, 0.05) is 33.6 Å². The number of hydrogen-bond acceptors (Lipinski definition) is 5. The second kappa shape index (κ2) is 6.72. The number of anilines is 1. The minimum Gasteiger partial charge on any atom is -0.364 e. The monoisotopic (exact) mass is 269 g/mol. The van der Waals surface area contributed by atoms with Gasteiger partial charge in [0.15, 0.2) is 0 Å². The van der Waals surface area contributed by atoms with Gasteiger partial charge < -0.3 is 10.6 Å². The van der Waals surface area contributed by atoms with Crippen molar-refractivity contribution in [3.8, 4) is 0 Å². The van der Waals surface area contributed by atoms with Gasteiger partial charge in [-0.2, -0.15) is 0 Å². The van der Waals surface area contributed by atoms with Crippen LogP contribution < -0.4 is 21.9 Å². The number of carbonyl (C=O) groups excluding carboxylic acids is 1. The molecule has 8 nitrogen and oxygen atoms in total. The third kappa shape index (κ3) is 3.94. The topological polar surface area (TPSA) is 98.0 Å². The minimum atomic E-state index is -0.503. The molecule has 1 aromatic rings. The van der Waals surface area contributed by atoms with Crippen LogP contribution in [0.25, 0.3) is 0 Å². The summed E-state index contributed by atoms with van der Waals surface area (Å²) >= 11 is 0. The lowest BCUT2D eigenvalue weighted by atomic mass is 10.3. The zero-order valence-electron chi connectivity index (χ0n) is 11.4. The highest BCUT2D eigenvalue weighted by Gasteiger charge is 2.08. The van der Waals surface area contributed by atoms with E-state index in [1.54, 1.807) is 0 Å². The zero-order chi connectivity index (χ0) is 14.4. The van der Waals surface area contributed by atoms with Crippen LogP contribution in [-0.4, -0.2) is 33.3 Å². The molecule has 0 saturated heterocycles. The first kappa shape index (κ1) is 14.9. The first-order chi connectivity index (χ1) is 8.97. The molecule has 0 spiro atoms. The summed E-state index contributed by atoms with van der Waals surface area (Å²) in [5.74, 6) is -0.0242. The van der Waals surface area contributed by atoms with Gasteiger partial charge in [0.1, 0.15) is 0 Å². The van der Waals surface area contributed by atoms with Crippen LogP contribution in [0.5, 0.6) is 0 Å². The lowest BCUT2D eigenvalue weighted by Gasteiger charge is -2.08. The van der Waals surface area contributed by atoms with Crippen LogP contribution in [0.15, 0.2) is 9.59 Å². The molecule has 1 heterocycles. The molecule has 1 amide bonds. The summed E-state index contributed by atoms with van der Waals surface area (Å²) < 4.78 is 2.04. The quantitative estimate of drug-likeness (QED) is 0.676. The van der Waals surface area contributed by atoms with Crippen molar-refractivity contribution in [1.82, 2.24) is 19.7 Å². The van der Waals surface area contributed by atoms with Gasteiger partial charge in [0.05, 0.1) is 0 Å². The fourth-order valence-electron chi connectivity index (χ4n) is 1.46. The van der Waals surface area contributed by atoms with E-state index in [0.29, 0.717) is 6.54 Å². The maximum absolute atomic E-state index is 11.7. The van der Waals surface area contributed by atoms with E-state index in [9.17, 15) is 14.4 Å². The third-order valence-corrected chi connectivity index (χ3v) is 2.54. The highest BCUT2D eigenvalue weighted by molar-refractivity contribution is 5.76. The molecule has 0 unspecified atom stereocenters. The number of nitrogens with one attached hydrogen (secondary N) is 2. The molecule has 0 fully saturated rings. The summed E-state index contributed by atoms with van der Waals surface area (Å²) in [6.45, 7) is 2.89. The molecule has 2 N–H and O–H groups in total. The highest BCUT2D eigenvalue weighted by Crippen LogP contribution is 1.90. The SMILES string of the molecule is CCCNC(=O)CCNc1nn(C)c(=O)n(C)c1=O. The van der Waals surface area contributed by atoms with Gasteiger partial charge >= 0.3 is 5.69 Å². The van der Waals surface area contributed by atoms with E-state index in [1.165, 1.54) is 14.1 Å². The van der Waals surface area contributed by atoms with Crippen LogP contribution in [0.3, 0.4) is 0 Å². The molecule has 0 atom stereocenters. The van der Waals surface area contributed by atoms with Gasteiger partial charge in [-0.15, -0.1) is 5.10 Å². The Hall–Kier alpha value is -2.12. The zero-order valence-corrected chi connectivity index (χ0v) is 11.4. The summed E-state index contributed by atoms with van der Waals surface area (Å²) in [7, 11) is 2.84. The first-order valence-corrected chi connectivity index (χ1v) is 6.12. The van der Waals surface area contributed by atoms with E-state index >= 15 is 0 Å². The van der Waals surface area contributed by atoms with Gasteiger partial charge in [0.2, 0.25) is 11.7 Å². The van der Waals surface area contributed by atoms with Gasteiger partial charge in [-0.05, 0) is 6.42 Å². The van der Waals surface area contributed by atoms with E-state index in [0.717, 1.165) is 15.7 Å². The van der Waals surface area contributed by atoms with Gasteiger partial charge in [-0.1, -0.05) is 6.92 Å². The number of hydrogen-bond donors (Lipinski definition) is 2. The first-order valence-electron chi connectivity index (χ1n) is 6.12. The van der Waals surface area contributed by atoms with Crippen LogP contribution in [0.4, 0.5) is 5.82 Å². The van der Waals surface area contributed by atoms with Gasteiger partial charge in [-0.3, -0.25) is 14.2 Å². The average Bonchev–Trinajstić information content (AvgIpc) is 2.39. The molecule has 0 saturated carbocycles. The van der Waals surface area contributed by atoms with E-state index in [1.807, 2.05) is 6.92 Å². The van der Waals surface area contributed by atoms with Gasteiger partial charge in [-0.25, -0.2) is 9.48 Å². The Morgan fingerprint density at radius 3 is 2.58 bits per heavy atom. The third-order valence-electron chi connectivity index (χ3n) is 2.54. The number of rotatable bonds is 6. The van der Waals surface area contributed by atoms with E-state index in [2.05, 4.69) is 15.7 Å². The molecule has 0 aromatic carbocycles. The summed E-state index contributed by atoms with van der Waals surface area (Å²) in [5.41, 5.74) is -0.992. The summed E-state index contributed by atoms with van der Waals surface area (Å²) in [6.07, 6.45) is 1.12. The lowest BCUT2D eigenvalue weighted by Crippen LogP contribution is -2.40. The van der Waals surface area contributed by atoms with Crippen LogP contribution in [0.1, 0.15) is 19.8 Å². The Balaban J connectivity index is 2.62. The second-order valence-electron chi connectivity index (χ2n) is 4.15. The average molecular weight is 269 g/mol. The number of aromatic nitrogens is 3. The fourth-order valence-corrected chi connectivity index (χ4v) is 1.46. The maximum Gasteiger partial charge on any atom is 0.346 e. The second-order valence-corrected chi connectivity index (χ2v) is 4.15. The number of aryl methyl sites for hydroxylation is 1. The van der Waals surface area contributed by atoms with Crippen molar-refractivity contribution in [2.24, 2.45) is 14.1 Å². The molecule has 1 rings (SSSR count). The molecule has 0 aliphatic rings. The molecule has 19 heavy (non-hydrogen) atoms. The Kier molecular flexibility index (Phi) is 5.28. The number of amides is 1. The molecule has 1 aromatic heterocycles. The molecular weight excluding hydrogens is 250 g/mol. The lowest BCUT2D eigenvalue weighted by molar-refractivity contribution is -0.120. The summed E-state index contributed by atoms with van der Waals surface area (Å²) in [6, 6.07) is 0. The summed E-state index contributed by atoms with van der Waals surface area (Å²) in [4.78, 5) is 34.5. The Morgan fingerprint density at radius 1 is 1.26 bits per heavy atom. The molecule has 106 valence electrons. The minimum absolute atomic E-state index is 0.0629. The maximum atomic E-state index is 11.7. The normalized spacial score (nSPS) is 10.3. The van der Waals surface area contributed by atoms with E-state index in [4.69, 9.17) is 0 Å². The Bertz CT molecular complexity index is 560. The Labute approximate surface area is 110 Å².